The highest BCUT2D eigenvalue weighted by Gasteiger charge is 2.51. The number of hydrogen-bond donors (Lipinski definition) is 4. The average molecular weight is 1030 g/mol. The van der Waals surface area contributed by atoms with E-state index in [1.807, 2.05) is 88.7 Å². The van der Waals surface area contributed by atoms with Crippen LogP contribution in [-0.2, 0) is 38.8 Å². The van der Waals surface area contributed by atoms with Gasteiger partial charge in [-0.15, -0.1) is 22.7 Å². The molecule has 3 aromatic heterocycles. The summed E-state index contributed by atoms with van der Waals surface area (Å²) in [6.45, 7) is 10.9. The second kappa shape index (κ2) is 21.3. The van der Waals surface area contributed by atoms with Gasteiger partial charge < -0.3 is 44.8 Å². The second-order valence-corrected chi connectivity index (χ2v) is 21.4. The molecule has 6 aromatic rings. The Bertz CT molecular complexity index is 3010. The third-order valence-corrected chi connectivity index (χ3v) is 16.1. The molecular formula is C54H60N8O9S2. The van der Waals surface area contributed by atoms with E-state index in [4.69, 9.17) is 9.26 Å². The van der Waals surface area contributed by atoms with Crippen LogP contribution >= 0.6 is 22.7 Å². The minimum atomic E-state index is -1.72. The molecule has 5 amide bonds. The predicted octanol–water partition coefficient (Wildman–Crippen LogP) is 6.33. The summed E-state index contributed by atoms with van der Waals surface area (Å²) < 4.78 is 12.1. The van der Waals surface area contributed by atoms with Gasteiger partial charge in [0.25, 0.3) is 5.91 Å². The lowest BCUT2D eigenvalue weighted by Crippen LogP contribution is -2.55. The molecule has 1 unspecified atom stereocenters. The molecule has 0 saturated carbocycles. The molecule has 0 bridgehead atoms. The van der Waals surface area contributed by atoms with Crippen LogP contribution in [0.1, 0.15) is 95.8 Å². The van der Waals surface area contributed by atoms with E-state index in [1.165, 1.54) is 9.80 Å². The highest BCUT2D eigenvalue weighted by atomic mass is 32.1. The van der Waals surface area contributed by atoms with Crippen molar-refractivity contribution in [3.8, 4) is 26.6 Å². The zero-order valence-corrected chi connectivity index (χ0v) is 43.3. The van der Waals surface area contributed by atoms with Crippen LogP contribution in [0.15, 0.2) is 88.3 Å². The number of fused-ring (bicyclic) bond motifs is 1. The van der Waals surface area contributed by atoms with Crippen molar-refractivity contribution in [1.29, 1.82) is 0 Å². The molecule has 73 heavy (non-hydrogen) atoms. The van der Waals surface area contributed by atoms with Gasteiger partial charge in [0.1, 0.15) is 41.3 Å². The van der Waals surface area contributed by atoms with E-state index in [2.05, 4.69) is 25.8 Å². The van der Waals surface area contributed by atoms with Gasteiger partial charge in [-0.1, -0.05) is 80.5 Å². The van der Waals surface area contributed by atoms with E-state index in [0.29, 0.717) is 34.8 Å². The second-order valence-electron chi connectivity index (χ2n) is 19.7. The van der Waals surface area contributed by atoms with Crippen molar-refractivity contribution in [2.45, 2.75) is 116 Å². The number of aromatic nitrogens is 3. The molecule has 6 heterocycles. The first kappa shape index (κ1) is 51.1. The van der Waals surface area contributed by atoms with Crippen LogP contribution in [0.2, 0.25) is 0 Å². The molecule has 3 aliphatic heterocycles. The minimum Gasteiger partial charge on any atom is -0.488 e. The highest BCUT2D eigenvalue weighted by Crippen LogP contribution is 2.36. The quantitative estimate of drug-likeness (QED) is 0.0788. The number of ether oxygens (including phenoxy) is 1. The number of thiazole rings is 2. The number of amides is 5. The standard InChI is InChI=1S/C54H60N8O9S2/c1-7-41(45-18-31(4)59-71-45)51(66)60-25-40(20-43(60)49(64)55-22-34-8-12-36(13-9-34)47-32(5)57-28-72-47)70-39-17-16-38-24-61(52(67)42(38)19-39)46(30(2)3)53(68)62-26-54(69,27-63)21-44(62)50(65)56-23-35-10-14-37(15-11-35)48-33(6)58-29-73-48/h8-19,28-30,40-41,43-44,46,63,69H,7,20-27H2,1-6H3,(H,55,64)(H,56,65)/t40-,41-,43+,44+,46?,54+/m1/s1. The summed E-state index contributed by atoms with van der Waals surface area (Å²) in [5.41, 5.74) is 9.18. The predicted molar refractivity (Wildman–Crippen MR) is 274 cm³/mol. The van der Waals surface area contributed by atoms with E-state index in [0.717, 1.165) is 43.4 Å². The average Bonchev–Trinajstić information content (AvgIpc) is 4.27. The summed E-state index contributed by atoms with van der Waals surface area (Å²) >= 11 is 3.12. The van der Waals surface area contributed by atoms with E-state index < -0.39 is 66.0 Å². The fourth-order valence-corrected chi connectivity index (χ4v) is 11.8. The Hall–Kier alpha value is -6.80. The maximum Gasteiger partial charge on any atom is 0.255 e. The maximum atomic E-state index is 14.7. The van der Waals surface area contributed by atoms with E-state index >= 15 is 0 Å². The fraction of sp³-hybridized carbons (Fsp3) is 0.407. The van der Waals surface area contributed by atoms with E-state index in [1.54, 1.807) is 64.3 Å². The molecule has 0 radical (unpaired) electrons. The number of hydrogen-bond acceptors (Lipinski definition) is 14. The first-order valence-corrected chi connectivity index (χ1v) is 26.3. The summed E-state index contributed by atoms with van der Waals surface area (Å²) in [5.74, 6) is -2.36. The molecule has 382 valence electrons. The van der Waals surface area contributed by atoms with Crippen molar-refractivity contribution in [2.24, 2.45) is 5.92 Å². The summed E-state index contributed by atoms with van der Waals surface area (Å²) in [6, 6.07) is 19.5. The number of benzene rings is 3. The fourth-order valence-electron chi connectivity index (χ4n) is 10.2. The summed E-state index contributed by atoms with van der Waals surface area (Å²) in [7, 11) is 0. The Morgan fingerprint density at radius 1 is 0.836 bits per heavy atom. The van der Waals surface area contributed by atoms with Crippen molar-refractivity contribution in [3.05, 3.63) is 129 Å². The maximum absolute atomic E-state index is 14.7. The van der Waals surface area contributed by atoms with Gasteiger partial charge in [0.2, 0.25) is 23.6 Å². The number of nitrogens with zero attached hydrogens (tertiary/aromatic N) is 6. The Morgan fingerprint density at radius 3 is 1.96 bits per heavy atom. The number of rotatable bonds is 17. The van der Waals surface area contributed by atoms with Crippen LogP contribution in [0.4, 0.5) is 0 Å². The zero-order valence-electron chi connectivity index (χ0n) is 41.7. The van der Waals surface area contributed by atoms with Crippen molar-refractivity contribution in [1.82, 2.24) is 40.5 Å². The monoisotopic (exact) mass is 1030 g/mol. The van der Waals surface area contributed by atoms with Crippen molar-refractivity contribution >= 4 is 52.2 Å². The number of nitrogens with one attached hydrogen (secondary N) is 2. The van der Waals surface area contributed by atoms with Crippen LogP contribution in [0.3, 0.4) is 0 Å². The number of carbonyl (C=O) groups is 5. The van der Waals surface area contributed by atoms with Crippen LogP contribution in [0, 0.1) is 26.7 Å². The van der Waals surface area contributed by atoms with Gasteiger partial charge in [0.15, 0.2) is 0 Å². The molecule has 19 heteroatoms. The van der Waals surface area contributed by atoms with Gasteiger partial charge in [-0.2, -0.15) is 0 Å². The molecule has 17 nitrogen and oxygen atoms in total. The van der Waals surface area contributed by atoms with Crippen LogP contribution in [0.5, 0.6) is 5.75 Å². The van der Waals surface area contributed by atoms with E-state index in [9.17, 15) is 34.2 Å². The lowest BCUT2D eigenvalue weighted by atomic mass is 10.00. The number of likely N-dealkylation sites (tertiary alicyclic amines) is 2. The first-order valence-electron chi connectivity index (χ1n) is 24.6. The molecule has 4 N–H and O–H groups in total. The van der Waals surface area contributed by atoms with Crippen molar-refractivity contribution in [3.63, 3.8) is 0 Å². The van der Waals surface area contributed by atoms with Gasteiger partial charge in [0.05, 0.1) is 63.5 Å². The van der Waals surface area contributed by atoms with Gasteiger partial charge in [-0.3, -0.25) is 24.0 Å². The number of aryl methyl sites for hydroxylation is 3. The number of β-amino-alcohol motifs (C(OH)–C–C–N with tert-alkyl or cyclic N) is 1. The van der Waals surface area contributed by atoms with Crippen molar-refractivity contribution < 1.29 is 43.4 Å². The Balaban J connectivity index is 0.881. The normalized spacial score (nSPS) is 20.4. The summed E-state index contributed by atoms with van der Waals surface area (Å²) in [5, 5.41) is 31.5. The zero-order chi connectivity index (χ0) is 51.7. The SMILES string of the molecule is CC[C@@H](C(=O)N1C[C@H](Oc2ccc3c(c2)C(=O)N(C(C(=O)N2C[C@](O)(CO)C[C@H]2C(=O)NCc2ccc(-c4scnc4C)cc2)C(C)C)C3)C[C@H]1C(=O)NCc1ccc(-c2scnc2C)cc1)c1cc(C)no1. The van der Waals surface area contributed by atoms with Gasteiger partial charge in [-0.05, 0) is 73.1 Å². The van der Waals surface area contributed by atoms with Crippen LogP contribution < -0.4 is 15.4 Å². The summed E-state index contributed by atoms with van der Waals surface area (Å²) in [6.07, 6.45) is -0.213. The smallest absolute Gasteiger partial charge is 0.255 e. The largest absolute Gasteiger partial charge is 0.488 e. The lowest BCUT2D eigenvalue weighted by Gasteiger charge is -2.35. The minimum absolute atomic E-state index is 0.0921. The number of aliphatic hydroxyl groups is 2. The molecule has 0 aliphatic carbocycles. The van der Waals surface area contributed by atoms with E-state index in [-0.39, 0.29) is 57.4 Å². The Kier molecular flexibility index (Phi) is 14.9. The third kappa shape index (κ3) is 10.7. The molecule has 2 saturated heterocycles. The first-order chi connectivity index (χ1) is 35.0. The molecule has 9 rings (SSSR count). The van der Waals surface area contributed by atoms with Crippen LogP contribution in [-0.4, -0.2) is 119 Å². The molecule has 0 spiro atoms. The molecular weight excluding hydrogens is 969 g/mol. The Morgan fingerprint density at radius 2 is 1.44 bits per heavy atom. The van der Waals surface area contributed by atoms with Gasteiger partial charge >= 0.3 is 0 Å². The highest BCUT2D eigenvalue weighted by molar-refractivity contribution is 7.13. The van der Waals surface area contributed by atoms with Gasteiger partial charge in [-0.25, -0.2) is 9.97 Å². The van der Waals surface area contributed by atoms with Gasteiger partial charge in [0, 0.05) is 44.1 Å². The number of carbonyl (C=O) groups excluding carboxylic acids is 5. The topological polar surface area (TPSA) is 221 Å². The van der Waals surface area contributed by atoms with Crippen LogP contribution in [0.25, 0.3) is 20.9 Å². The molecule has 6 atom stereocenters. The summed E-state index contributed by atoms with van der Waals surface area (Å²) in [4.78, 5) is 86.7. The molecule has 3 aromatic carbocycles. The lowest BCUT2D eigenvalue weighted by molar-refractivity contribution is -0.143. The number of aliphatic hydroxyl groups excluding tert-OH is 1. The molecule has 3 aliphatic rings. The van der Waals surface area contributed by atoms with Crippen molar-refractivity contribution in [2.75, 3.05) is 19.7 Å². The molecule has 2 fully saturated rings. The third-order valence-electron chi connectivity index (χ3n) is 14.1. The Labute approximate surface area is 431 Å².